The number of hydrogen-bond donors (Lipinski definition) is 0. The fourth-order valence-corrected chi connectivity index (χ4v) is 2.55. The molecule has 0 unspecified atom stereocenters. The standard InChI is InChI=1S/C8H7BrClNO4S/c9-8(11(12)13)3-14-7(15-4-8)5-1-2-6(10)16-5/h1-2,7H,3-4H2. The molecule has 2 rings (SSSR count). The lowest BCUT2D eigenvalue weighted by Crippen LogP contribution is -2.45. The molecule has 16 heavy (non-hydrogen) atoms. The lowest BCUT2D eigenvalue weighted by Gasteiger charge is -2.29. The van der Waals surface area contributed by atoms with Crippen molar-refractivity contribution in [2.75, 3.05) is 13.2 Å². The van der Waals surface area contributed by atoms with Gasteiger partial charge in [0, 0.05) is 20.9 Å². The third kappa shape index (κ3) is 2.38. The van der Waals surface area contributed by atoms with Crippen molar-refractivity contribution in [1.82, 2.24) is 0 Å². The maximum absolute atomic E-state index is 10.7. The molecule has 0 atom stereocenters. The molecule has 0 radical (unpaired) electrons. The SMILES string of the molecule is O=[N+]([O-])C1(Br)COC(c2ccc(Cl)s2)OC1. The van der Waals surface area contributed by atoms with E-state index in [1.54, 1.807) is 12.1 Å². The van der Waals surface area contributed by atoms with Gasteiger partial charge in [0.05, 0.1) is 9.21 Å². The molecule has 5 nitrogen and oxygen atoms in total. The molecular weight excluding hydrogens is 322 g/mol. The molecule has 0 N–H and O–H groups in total. The number of hydrogen-bond acceptors (Lipinski definition) is 5. The van der Waals surface area contributed by atoms with Gasteiger partial charge in [0.15, 0.2) is 6.29 Å². The van der Waals surface area contributed by atoms with E-state index in [1.165, 1.54) is 11.3 Å². The number of alkyl halides is 1. The number of nitrogens with zero attached hydrogens (tertiary/aromatic N) is 1. The zero-order valence-electron chi connectivity index (χ0n) is 7.89. The smallest absolute Gasteiger partial charge is 0.320 e. The summed E-state index contributed by atoms with van der Waals surface area (Å²) in [5.74, 6) is 0. The molecule has 0 aromatic carbocycles. The van der Waals surface area contributed by atoms with Crippen LogP contribution in [0.5, 0.6) is 0 Å². The Kier molecular flexibility index (Phi) is 3.50. The zero-order chi connectivity index (χ0) is 11.8. The van der Waals surface area contributed by atoms with Crippen LogP contribution in [0.1, 0.15) is 11.2 Å². The second-order valence-corrected chi connectivity index (χ2v) is 6.49. The van der Waals surface area contributed by atoms with Crippen molar-refractivity contribution >= 4 is 38.9 Å². The first-order valence-electron chi connectivity index (χ1n) is 4.33. The molecule has 0 amide bonds. The van der Waals surface area contributed by atoms with E-state index >= 15 is 0 Å². The summed E-state index contributed by atoms with van der Waals surface area (Å²) in [6.07, 6.45) is -0.567. The number of ether oxygens (including phenoxy) is 2. The third-order valence-corrected chi connectivity index (χ3v) is 4.07. The highest BCUT2D eigenvalue weighted by molar-refractivity contribution is 9.10. The summed E-state index contributed by atoms with van der Waals surface area (Å²) in [5.41, 5.74) is 0. The fourth-order valence-electron chi connectivity index (χ4n) is 1.22. The zero-order valence-corrected chi connectivity index (χ0v) is 11.0. The van der Waals surface area contributed by atoms with Gasteiger partial charge in [-0.2, -0.15) is 0 Å². The average Bonchev–Trinajstić information content (AvgIpc) is 2.66. The van der Waals surface area contributed by atoms with E-state index in [1.807, 2.05) is 0 Å². The van der Waals surface area contributed by atoms with Gasteiger partial charge in [-0.15, -0.1) is 11.3 Å². The second kappa shape index (κ2) is 4.58. The van der Waals surface area contributed by atoms with Crippen LogP contribution in [-0.2, 0) is 9.47 Å². The maximum Gasteiger partial charge on any atom is 0.320 e. The minimum absolute atomic E-state index is 0.0415. The summed E-state index contributed by atoms with van der Waals surface area (Å²) in [6, 6.07) is 3.52. The van der Waals surface area contributed by atoms with Crippen LogP contribution in [0.2, 0.25) is 4.34 Å². The second-order valence-electron chi connectivity index (χ2n) is 3.27. The predicted molar refractivity (Wildman–Crippen MR) is 62.6 cm³/mol. The molecule has 0 aliphatic carbocycles. The molecule has 8 heteroatoms. The van der Waals surface area contributed by atoms with Crippen molar-refractivity contribution in [2.45, 2.75) is 10.7 Å². The first-order valence-corrected chi connectivity index (χ1v) is 6.32. The Morgan fingerprint density at radius 1 is 1.56 bits per heavy atom. The van der Waals surface area contributed by atoms with Crippen LogP contribution in [0, 0.1) is 10.1 Å². The van der Waals surface area contributed by atoms with Crippen LogP contribution in [0.3, 0.4) is 0 Å². The summed E-state index contributed by atoms with van der Waals surface area (Å²) in [6.45, 7) is -0.0830. The van der Waals surface area contributed by atoms with Gasteiger partial charge in [-0.1, -0.05) is 11.6 Å². The van der Waals surface area contributed by atoms with Crippen LogP contribution in [-0.4, -0.2) is 22.6 Å². The Hall–Kier alpha value is -0.210. The molecule has 1 fully saturated rings. The molecule has 88 valence electrons. The minimum atomic E-state index is -1.34. The van der Waals surface area contributed by atoms with Crippen molar-refractivity contribution in [3.63, 3.8) is 0 Å². The van der Waals surface area contributed by atoms with E-state index in [0.717, 1.165) is 4.88 Å². The highest BCUT2D eigenvalue weighted by Gasteiger charge is 2.46. The van der Waals surface area contributed by atoms with Gasteiger partial charge in [-0.25, -0.2) is 0 Å². The van der Waals surface area contributed by atoms with Gasteiger partial charge in [-0.3, -0.25) is 10.1 Å². The third-order valence-electron chi connectivity index (χ3n) is 2.07. The first kappa shape index (κ1) is 12.3. The summed E-state index contributed by atoms with van der Waals surface area (Å²) in [7, 11) is 0. The van der Waals surface area contributed by atoms with Crippen molar-refractivity contribution in [3.8, 4) is 0 Å². The monoisotopic (exact) mass is 327 g/mol. The lowest BCUT2D eigenvalue weighted by molar-refractivity contribution is -0.557. The normalized spacial score (nSPS) is 30.2. The van der Waals surface area contributed by atoms with Crippen LogP contribution in [0.4, 0.5) is 0 Å². The Balaban J connectivity index is 2.03. The van der Waals surface area contributed by atoms with Gasteiger partial charge >= 0.3 is 4.45 Å². The highest BCUT2D eigenvalue weighted by atomic mass is 79.9. The predicted octanol–water partition coefficient (Wildman–Crippen LogP) is 2.81. The van der Waals surface area contributed by atoms with E-state index < -0.39 is 15.7 Å². The largest absolute Gasteiger partial charge is 0.339 e. The molecule has 0 spiro atoms. The van der Waals surface area contributed by atoms with Crippen LogP contribution in [0.15, 0.2) is 12.1 Å². The van der Waals surface area contributed by atoms with Crippen molar-refractivity contribution in [1.29, 1.82) is 0 Å². The number of thiophene rings is 1. The van der Waals surface area contributed by atoms with Gasteiger partial charge in [-0.05, 0) is 12.1 Å². The van der Waals surface area contributed by atoms with Gasteiger partial charge in [0.1, 0.15) is 13.2 Å². The quantitative estimate of drug-likeness (QED) is 0.362. The van der Waals surface area contributed by atoms with E-state index in [4.69, 9.17) is 21.1 Å². The lowest BCUT2D eigenvalue weighted by atomic mass is 10.3. The molecule has 1 aromatic rings. The first-order chi connectivity index (χ1) is 7.51. The molecule has 1 aliphatic heterocycles. The van der Waals surface area contributed by atoms with Crippen LogP contribution in [0.25, 0.3) is 0 Å². The Morgan fingerprint density at radius 3 is 2.62 bits per heavy atom. The average molecular weight is 329 g/mol. The Bertz CT molecular complexity index is 404. The molecule has 0 bridgehead atoms. The summed E-state index contributed by atoms with van der Waals surface area (Å²) in [4.78, 5) is 11.1. The topological polar surface area (TPSA) is 61.6 Å². The molecular formula is C8H7BrClNO4S. The van der Waals surface area contributed by atoms with Crippen molar-refractivity contribution in [3.05, 3.63) is 31.5 Å². The van der Waals surface area contributed by atoms with E-state index in [0.29, 0.717) is 4.34 Å². The van der Waals surface area contributed by atoms with Gasteiger partial charge in [0.2, 0.25) is 0 Å². The molecule has 1 aliphatic rings. The number of rotatable bonds is 2. The van der Waals surface area contributed by atoms with Crippen LogP contribution < -0.4 is 0 Å². The van der Waals surface area contributed by atoms with Crippen molar-refractivity contribution in [2.24, 2.45) is 0 Å². The fraction of sp³-hybridized carbons (Fsp3) is 0.500. The van der Waals surface area contributed by atoms with Gasteiger partial charge in [0.25, 0.3) is 0 Å². The summed E-state index contributed by atoms with van der Waals surface area (Å²) < 4.78 is 9.88. The molecule has 1 saturated heterocycles. The van der Waals surface area contributed by atoms with Crippen molar-refractivity contribution < 1.29 is 14.4 Å². The van der Waals surface area contributed by atoms with E-state index in [2.05, 4.69) is 15.9 Å². The van der Waals surface area contributed by atoms with Crippen LogP contribution >= 0.6 is 38.9 Å². The minimum Gasteiger partial charge on any atom is -0.339 e. The van der Waals surface area contributed by atoms with E-state index in [9.17, 15) is 10.1 Å². The molecule has 0 saturated carbocycles. The maximum atomic E-state index is 10.7. The molecule has 2 heterocycles. The van der Waals surface area contributed by atoms with E-state index in [-0.39, 0.29) is 13.2 Å². The summed E-state index contributed by atoms with van der Waals surface area (Å²) >= 11 is 10.1. The van der Waals surface area contributed by atoms with Gasteiger partial charge < -0.3 is 9.47 Å². The number of nitro groups is 1. The summed E-state index contributed by atoms with van der Waals surface area (Å²) in [5, 5.41) is 10.7. The number of halogens is 2. The Morgan fingerprint density at radius 2 is 2.19 bits per heavy atom. The highest BCUT2D eigenvalue weighted by Crippen LogP contribution is 2.35. The molecule has 1 aromatic heterocycles. The Labute approximate surface area is 109 Å².